The average Bonchev–Trinajstić information content (AvgIpc) is 2.90. The normalized spacial score (nSPS) is 13.9. The minimum Gasteiger partial charge on any atom is -0.480 e. The lowest BCUT2D eigenvalue weighted by molar-refractivity contribution is -0.146. The van der Waals surface area contributed by atoms with Gasteiger partial charge >= 0.3 is 5.97 Å². The molecule has 1 unspecified atom stereocenters. The zero-order valence-corrected chi connectivity index (χ0v) is 17.9. The first-order chi connectivity index (χ1) is 14.4. The summed E-state index contributed by atoms with van der Waals surface area (Å²) in [5.41, 5.74) is 1.84. The number of carbonyl (C=O) groups is 3. The van der Waals surface area contributed by atoms with Gasteiger partial charge in [0, 0.05) is 18.4 Å². The van der Waals surface area contributed by atoms with Gasteiger partial charge in [0.1, 0.15) is 5.82 Å². The zero-order chi connectivity index (χ0) is 23.6. The van der Waals surface area contributed by atoms with Crippen LogP contribution in [0.25, 0.3) is 0 Å². The Labute approximate surface area is 178 Å². The van der Waals surface area contributed by atoms with Crippen LogP contribution >= 0.6 is 0 Å². The van der Waals surface area contributed by atoms with E-state index in [4.69, 9.17) is 5.11 Å². The molecule has 0 fully saturated rings. The molecule has 5 N–H and O–H groups in total. The number of carboxylic acids is 1. The summed E-state index contributed by atoms with van der Waals surface area (Å²) < 4.78 is 14.9. The lowest BCUT2D eigenvalue weighted by Gasteiger charge is -2.20. The number of rotatable bonds is 7. The molecule has 0 aliphatic carbocycles. The van der Waals surface area contributed by atoms with Gasteiger partial charge in [-0.3, -0.25) is 9.59 Å². The zero-order valence-electron chi connectivity index (χ0n) is 17.9. The molecule has 0 spiro atoms. The fourth-order valence-electron chi connectivity index (χ4n) is 3.38. The van der Waals surface area contributed by atoms with Gasteiger partial charge in [0.25, 0.3) is 11.8 Å². The van der Waals surface area contributed by atoms with Crippen molar-refractivity contribution < 1.29 is 34.1 Å². The third-order valence-corrected chi connectivity index (χ3v) is 5.18. The molecule has 0 aliphatic heterocycles. The highest BCUT2D eigenvalue weighted by molar-refractivity contribution is 6.06. The van der Waals surface area contributed by atoms with Gasteiger partial charge in [-0.05, 0) is 57.0 Å². The Morgan fingerprint density at radius 3 is 2.26 bits per heavy atom. The second-order valence-corrected chi connectivity index (χ2v) is 7.42. The smallest absolute Gasteiger partial charge is 0.328 e. The lowest BCUT2D eigenvalue weighted by atomic mass is 10.1. The van der Waals surface area contributed by atoms with Crippen LogP contribution in [0, 0.1) is 26.6 Å². The van der Waals surface area contributed by atoms with E-state index in [1.807, 2.05) is 0 Å². The van der Waals surface area contributed by atoms with Crippen molar-refractivity contribution in [2.75, 3.05) is 5.32 Å². The number of aryl methyl sites for hydroxylation is 1. The molecule has 0 aliphatic rings. The van der Waals surface area contributed by atoms with Crippen molar-refractivity contribution in [3.8, 4) is 0 Å². The van der Waals surface area contributed by atoms with Crippen LogP contribution in [0.2, 0.25) is 0 Å². The third kappa shape index (κ3) is 4.92. The Morgan fingerprint density at radius 2 is 1.74 bits per heavy atom. The molecule has 0 bridgehead atoms. The van der Waals surface area contributed by atoms with Crippen molar-refractivity contribution >= 4 is 23.5 Å². The van der Waals surface area contributed by atoms with Crippen LogP contribution in [0.4, 0.5) is 10.1 Å². The Balaban J connectivity index is 2.34. The van der Waals surface area contributed by atoms with Crippen LogP contribution in [0.15, 0.2) is 18.2 Å². The highest BCUT2D eigenvalue weighted by Gasteiger charge is 2.32. The molecule has 1 aromatic heterocycles. The van der Waals surface area contributed by atoms with Gasteiger partial charge in [-0.2, -0.15) is 0 Å². The number of hydrogen-bond donors (Lipinski definition) is 5. The minimum atomic E-state index is -1.78. The summed E-state index contributed by atoms with van der Waals surface area (Å²) in [7, 11) is 1.55. The Morgan fingerprint density at radius 1 is 1.13 bits per heavy atom. The number of nitrogens with one attached hydrogen (secondary N) is 2. The predicted octanol–water partition coefficient (Wildman–Crippen LogP) is 1.33. The van der Waals surface area contributed by atoms with E-state index in [2.05, 4.69) is 10.6 Å². The van der Waals surface area contributed by atoms with E-state index in [0.717, 1.165) is 0 Å². The van der Waals surface area contributed by atoms with Crippen LogP contribution in [0.1, 0.15) is 45.9 Å². The molecule has 2 rings (SSSR count). The van der Waals surface area contributed by atoms with Gasteiger partial charge in [0.05, 0.1) is 17.4 Å². The second-order valence-electron chi connectivity index (χ2n) is 7.42. The number of benzene rings is 1. The van der Waals surface area contributed by atoms with Crippen molar-refractivity contribution in [1.29, 1.82) is 0 Å². The molecule has 1 heterocycles. The molecule has 10 heteroatoms. The van der Waals surface area contributed by atoms with Gasteiger partial charge in [0.15, 0.2) is 12.1 Å². The summed E-state index contributed by atoms with van der Waals surface area (Å²) >= 11 is 0. The summed E-state index contributed by atoms with van der Waals surface area (Å²) in [5.74, 6) is -3.40. The molecular weight excluding hydrogens is 409 g/mol. The minimum absolute atomic E-state index is 0.102. The van der Waals surface area contributed by atoms with Crippen LogP contribution in [0.5, 0.6) is 0 Å². The van der Waals surface area contributed by atoms with Gasteiger partial charge in [0.2, 0.25) is 0 Å². The van der Waals surface area contributed by atoms with Gasteiger partial charge in [-0.15, -0.1) is 0 Å². The van der Waals surface area contributed by atoms with Crippen molar-refractivity contribution in [2.24, 2.45) is 7.05 Å². The second kappa shape index (κ2) is 9.27. The Hall–Kier alpha value is -3.24. The maximum absolute atomic E-state index is 13.5. The van der Waals surface area contributed by atoms with Crippen molar-refractivity contribution in [3.05, 3.63) is 52.1 Å². The average molecular weight is 435 g/mol. The number of aliphatic carboxylic acids is 1. The van der Waals surface area contributed by atoms with Crippen molar-refractivity contribution in [2.45, 2.75) is 45.9 Å². The summed E-state index contributed by atoms with van der Waals surface area (Å²) in [6, 6.07) is 2.52. The molecule has 168 valence electrons. The molecule has 1 aromatic carbocycles. The fraction of sp³-hybridized carbons (Fsp3) is 0.381. The summed E-state index contributed by atoms with van der Waals surface area (Å²) in [4.78, 5) is 36.5. The number of amides is 2. The molecule has 2 amide bonds. The van der Waals surface area contributed by atoms with Crippen LogP contribution in [0.3, 0.4) is 0 Å². The maximum Gasteiger partial charge on any atom is 0.328 e. The summed E-state index contributed by atoms with van der Waals surface area (Å²) in [5, 5.41) is 34.0. The number of halogens is 1. The first kappa shape index (κ1) is 24.0. The molecule has 9 nitrogen and oxygen atoms in total. The quantitative estimate of drug-likeness (QED) is 0.444. The monoisotopic (exact) mass is 435 g/mol. The number of carbonyl (C=O) groups excluding carboxylic acids is 2. The van der Waals surface area contributed by atoms with E-state index in [1.165, 1.54) is 29.7 Å². The van der Waals surface area contributed by atoms with E-state index >= 15 is 0 Å². The van der Waals surface area contributed by atoms with Crippen LogP contribution in [-0.2, 0) is 16.6 Å². The number of anilines is 1. The van der Waals surface area contributed by atoms with E-state index in [0.29, 0.717) is 22.5 Å². The molecule has 0 saturated heterocycles. The molecule has 3 atom stereocenters. The van der Waals surface area contributed by atoms with E-state index in [-0.39, 0.29) is 11.3 Å². The molecule has 31 heavy (non-hydrogen) atoms. The van der Waals surface area contributed by atoms with E-state index < -0.39 is 41.9 Å². The third-order valence-electron chi connectivity index (χ3n) is 5.18. The maximum atomic E-state index is 13.5. The standard InChI is InChI=1S/C21H26FN3O6/c1-9-8-13(6-7-14(9)22)23-19(28)15-10(2)17(25(5)11(15)3)18(27)20(29)24-16(12(4)26)21(30)31/h6-8,12,16,18,26-27H,1-5H3,(H,23,28)(H,24,29)(H,30,31)/t12-,16+,18?/m1/s1. The topological polar surface area (TPSA) is 141 Å². The lowest BCUT2D eigenvalue weighted by Crippen LogP contribution is -2.49. The molecule has 0 radical (unpaired) electrons. The van der Waals surface area contributed by atoms with Crippen LogP contribution in [-0.4, -0.2) is 49.8 Å². The number of carboxylic acid groups (broad SMARTS) is 1. The first-order valence-electron chi connectivity index (χ1n) is 9.49. The predicted molar refractivity (Wildman–Crippen MR) is 110 cm³/mol. The molecule has 0 saturated carbocycles. The number of aromatic nitrogens is 1. The Bertz CT molecular complexity index is 1030. The Kier molecular flexibility index (Phi) is 7.19. The van der Waals surface area contributed by atoms with E-state index in [1.54, 1.807) is 27.8 Å². The number of hydrogen-bond acceptors (Lipinski definition) is 5. The van der Waals surface area contributed by atoms with E-state index in [9.17, 15) is 29.0 Å². The summed E-state index contributed by atoms with van der Waals surface area (Å²) in [6.45, 7) is 5.94. The fourth-order valence-corrected chi connectivity index (χ4v) is 3.38. The highest BCUT2D eigenvalue weighted by Crippen LogP contribution is 2.28. The number of aliphatic hydroxyl groups is 2. The summed E-state index contributed by atoms with van der Waals surface area (Å²) in [6.07, 6.45) is -3.16. The number of nitrogens with zero attached hydrogens (tertiary/aromatic N) is 1. The van der Waals surface area contributed by atoms with Crippen molar-refractivity contribution in [3.63, 3.8) is 0 Å². The van der Waals surface area contributed by atoms with Crippen LogP contribution < -0.4 is 10.6 Å². The van der Waals surface area contributed by atoms with Crippen molar-refractivity contribution in [1.82, 2.24) is 9.88 Å². The molecule has 2 aromatic rings. The highest BCUT2D eigenvalue weighted by atomic mass is 19.1. The SMILES string of the molecule is Cc1cc(NC(=O)c2c(C)c(C(O)C(=O)N[C@H](C(=O)O)[C@@H](C)O)n(C)c2C)ccc1F. The largest absolute Gasteiger partial charge is 0.480 e. The first-order valence-corrected chi connectivity index (χ1v) is 9.49. The molecular formula is C21H26FN3O6. The van der Waals surface area contributed by atoms with Gasteiger partial charge < -0.3 is 30.5 Å². The van der Waals surface area contributed by atoms with Gasteiger partial charge in [-0.1, -0.05) is 0 Å². The number of aliphatic hydroxyl groups excluding tert-OH is 2. The van der Waals surface area contributed by atoms with Gasteiger partial charge in [-0.25, -0.2) is 9.18 Å².